The first-order valence-electron chi connectivity index (χ1n) is 8.13. The number of hydrogen-bond acceptors (Lipinski definition) is 12. The Balaban J connectivity index is 2.25. The quantitative estimate of drug-likeness (QED) is 0.212. The molecule has 3 aromatic rings. The number of rotatable bonds is 8. The van der Waals surface area contributed by atoms with Crippen LogP contribution in [-0.4, -0.2) is 39.0 Å². The molecule has 16 nitrogen and oxygen atoms in total. The second-order valence-corrected chi connectivity index (χ2v) is 6.00. The van der Waals surface area contributed by atoms with E-state index in [-0.39, 0.29) is 21.5 Å². The van der Waals surface area contributed by atoms with Gasteiger partial charge in [-0.3, -0.25) is 28.6 Å². The number of hydrogen-bond donors (Lipinski definition) is 0. The van der Waals surface area contributed by atoms with Gasteiger partial charge in [-0.1, -0.05) is 0 Å². The molecule has 0 aliphatic carbocycles. The van der Waals surface area contributed by atoms with Crippen LogP contribution in [0.5, 0.6) is 0 Å². The number of ether oxygens (including phenoxy) is 1. The second-order valence-electron chi connectivity index (χ2n) is 6.00. The van der Waals surface area contributed by atoms with E-state index in [1.165, 1.54) is 0 Å². The molecule has 162 valence electrons. The van der Waals surface area contributed by atoms with E-state index in [1.807, 2.05) is 0 Å². The maximum absolute atomic E-state index is 12.7. The molecule has 1 atom stereocenters. The van der Waals surface area contributed by atoms with Crippen LogP contribution >= 0.6 is 0 Å². The molecule has 16 heteroatoms. The summed E-state index contributed by atoms with van der Waals surface area (Å²) < 4.78 is 5.21. The Labute approximate surface area is 167 Å². The predicted octanol–water partition coefficient (Wildman–Crippen LogP) is -2.00. The van der Waals surface area contributed by atoms with Gasteiger partial charge in [-0.25, -0.2) is 9.36 Å². The summed E-state index contributed by atoms with van der Waals surface area (Å²) in [5.74, 6) is -1.18. The van der Waals surface area contributed by atoms with E-state index in [0.29, 0.717) is 9.13 Å². The third-order valence-electron chi connectivity index (χ3n) is 4.42. The van der Waals surface area contributed by atoms with Gasteiger partial charge in [0.05, 0.1) is 28.7 Å². The molecular formula is C15H10N4O12. The number of carbonyl (C=O) groups is 1. The van der Waals surface area contributed by atoms with Gasteiger partial charge in [-0.05, 0) is 12.1 Å². The topological polar surface area (TPSA) is 209 Å². The highest BCUT2D eigenvalue weighted by Crippen LogP contribution is 2.16. The lowest BCUT2D eigenvalue weighted by Crippen LogP contribution is -2.38. The molecule has 3 rings (SSSR count). The molecule has 0 bridgehead atoms. The Kier molecular flexibility index (Phi) is 5.21. The Bertz CT molecular complexity index is 1360. The Morgan fingerprint density at radius 3 is 1.77 bits per heavy atom. The van der Waals surface area contributed by atoms with Crippen molar-refractivity contribution in [3.05, 3.63) is 73.8 Å². The maximum atomic E-state index is 12.7. The Morgan fingerprint density at radius 1 is 0.903 bits per heavy atom. The predicted molar refractivity (Wildman–Crippen MR) is 97.0 cm³/mol. The molecule has 0 N–H and O–H groups in total. The molecule has 0 spiro atoms. The lowest BCUT2D eigenvalue weighted by atomic mass is 10.1. The molecule has 0 saturated carbocycles. The molecule has 0 aliphatic rings. The number of aromatic nitrogens is 2. The summed E-state index contributed by atoms with van der Waals surface area (Å²) in [4.78, 5) is 91.1. The summed E-state index contributed by atoms with van der Waals surface area (Å²) >= 11 is 0. The molecule has 2 aromatic heterocycles. The summed E-state index contributed by atoms with van der Waals surface area (Å²) in [5, 5.41) is 16.9. The number of methoxy groups -OCH3 is 1. The highest BCUT2D eigenvalue weighted by atomic mass is 17.0. The van der Waals surface area contributed by atoms with Crippen LogP contribution in [-0.2, 0) is 25.9 Å². The first-order chi connectivity index (χ1) is 14.6. The lowest BCUT2D eigenvalue weighted by Gasteiger charge is -2.13. The molecule has 1 aromatic carbocycles. The zero-order valence-corrected chi connectivity index (χ0v) is 15.3. The molecule has 0 radical (unpaired) electrons. The van der Waals surface area contributed by atoms with E-state index in [0.717, 1.165) is 19.2 Å². The van der Waals surface area contributed by atoms with Gasteiger partial charge in [0.15, 0.2) is 12.8 Å². The van der Waals surface area contributed by atoms with Crippen molar-refractivity contribution in [2.45, 2.75) is 12.8 Å². The molecule has 0 fully saturated rings. The molecule has 2 heterocycles. The summed E-state index contributed by atoms with van der Waals surface area (Å²) in [6, 6.07) is 0.0222. The normalized spacial score (nSPS) is 12.0. The number of fused-ring (bicyclic) bond motifs is 2. The fourth-order valence-corrected chi connectivity index (χ4v) is 3.06. The van der Waals surface area contributed by atoms with Crippen molar-refractivity contribution in [1.29, 1.82) is 0 Å². The zero-order valence-electron chi connectivity index (χ0n) is 15.3. The van der Waals surface area contributed by atoms with E-state index < -0.39 is 57.8 Å². The van der Waals surface area contributed by atoms with E-state index in [9.17, 15) is 44.2 Å². The average molecular weight is 438 g/mol. The largest absolute Gasteiger partial charge is 0.467 e. The van der Waals surface area contributed by atoms with Crippen LogP contribution in [0, 0.1) is 20.2 Å². The molecule has 0 aliphatic heterocycles. The maximum Gasteiger partial charge on any atom is 0.331 e. The van der Waals surface area contributed by atoms with E-state index in [2.05, 4.69) is 14.4 Å². The van der Waals surface area contributed by atoms with E-state index in [1.54, 1.807) is 0 Å². The van der Waals surface area contributed by atoms with Crippen molar-refractivity contribution in [2.75, 3.05) is 13.7 Å². The Morgan fingerprint density at radius 2 is 1.35 bits per heavy atom. The molecule has 31 heavy (non-hydrogen) atoms. The second kappa shape index (κ2) is 7.65. The number of carbonyl (C=O) groups excluding carboxylic acids is 1. The van der Waals surface area contributed by atoms with Crippen LogP contribution in [0.3, 0.4) is 0 Å². The van der Waals surface area contributed by atoms with Crippen molar-refractivity contribution in [1.82, 2.24) is 9.13 Å². The van der Waals surface area contributed by atoms with Gasteiger partial charge in [0.25, 0.3) is 32.4 Å². The van der Waals surface area contributed by atoms with Crippen LogP contribution in [0.2, 0.25) is 0 Å². The van der Waals surface area contributed by atoms with Crippen molar-refractivity contribution >= 4 is 27.5 Å². The molecule has 0 amide bonds. The fourth-order valence-electron chi connectivity index (χ4n) is 3.06. The summed E-state index contributed by atoms with van der Waals surface area (Å²) in [6.07, 6.45) is 0. The van der Waals surface area contributed by atoms with Gasteiger partial charge in [0, 0.05) is 0 Å². The SMILES string of the molecule is COC(=O)C(CO[N+](=O)[O-])n1c(=O)c2cc3c(=O)n(CO[N+](=O)[O-])c(=O)c3cc2c1=O. The van der Waals surface area contributed by atoms with Crippen molar-refractivity contribution < 1.29 is 29.4 Å². The van der Waals surface area contributed by atoms with Crippen molar-refractivity contribution in [2.24, 2.45) is 0 Å². The summed E-state index contributed by atoms with van der Waals surface area (Å²) in [5.41, 5.74) is -4.20. The highest BCUT2D eigenvalue weighted by Gasteiger charge is 2.29. The van der Waals surface area contributed by atoms with Gasteiger partial charge in [0.2, 0.25) is 0 Å². The average Bonchev–Trinajstić information content (AvgIpc) is 3.10. The van der Waals surface area contributed by atoms with Crippen molar-refractivity contribution in [3.63, 3.8) is 0 Å². The molecule has 0 saturated heterocycles. The highest BCUT2D eigenvalue weighted by molar-refractivity contribution is 5.98. The minimum atomic E-state index is -1.81. The summed E-state index contributed by atoms with van der Waals surface area (Å²) in [7, 11) is 0.924. The van der Waals surface area contributed by atoms with Gasteiger partial charge < -0.3 is 9.57 Å². The van der Waals surface area contributed by atoms with Crippen LogP contribution in [0.1, 0.15) is 6.04 Å². The van der Waals surface area contributed by atoms with E-state index >= 15 is 0 Å². The van der Waals surface area contributed by atoms with Crippen LogP contribution in [0.25, 0.3) is 21.5 Å². The molecule has 1 unspecified atom stereocenters. The molecular weight excluding hydrogens is 428 g/mol. The number of benzene rings is 1. The number of esters is 1. The third kappa shape index (κ3) is 3.45. The van der Waals surface area contributed by atoms with Crippen LogP contribution < -0.4 is 22.2 Å². The summed E-state index contributed by atoms with van der Waals surface area (Å²) in [6.45, 7) is -2.00. The van der Waals surface area contributed by atoms with Crippen LogP contribution in [0.15, 0.2) is 31.3 Å². The van der Waals surface area contributed by atoms with Crippen LogP contribution in [0.4, 0.5) is 0 Å². The smallest absolute Gasteiger partial charge is 0.331 e. The standard InChI is InChI=1S/C15H10N4O12/c1-29-15(24)10(4-30-18(25)26)17-13(22)8-2-6-7(3-9(8)14(17)23)12(21)16(11(6)20)5-31-19(27)28/h2-3,10H,4-5H2,1H3. The van der Waals surface area contributed by atoms with Gasteiger partial charge in [-0.2, -0.15) is 0 Å². The van der Waals surface area contributed by atoms with Gasteiger partial charge >= 0.3 is 5.97 Å². The van der Waals surface area contributed by atoms with Gasteiger partial charge in [0.1, 0.15) is 6.61 Å². The zero-order chi connectivity index (χ0) is 23.0. The first kappa shape index (κ1) is 21.1. The lowest BCUT2D eigenvalue weighted by molar-refractivity contribution is -0.767. The Hall–Kier alpha value is -4.63. The number of nitrogens with zero attached hydrogens (tertiary/aromatic N) is 4. The minimum absolute atomic E-state index is 0.324. The first-order valence-corrected chi connectivity index (χ1v) is 8.13. The monoisotopic (exact) mass is 438 g/mol. The third-order valence-corrected chi connectivity index (χ3v) is 4.42. The van der Waals surface area contributed by atoms with E-state index in [4.69, 9.17) is 0 Å². The fraction of sp³-hybridized carbons (Fsp3) is 0.267. The van der Waals surface area contributed by atoms with Gasteiger partial charge in [-0.15, -0.1) is 20.2 Å². The minimum Gasteiger partial charge on any atom is -0.467 e. The van der Waals surface area contributed by atoms with Crippen molar-refractivity contribution in [3.8, 4) is 0 Å².